The number of nitrogens with one attached hydrogen (secondary N) is 2. The van der Waals surface area contributed by atoms with E-state index in [1.54, 1.807) is 12.1 Å². The van der Waals surface area contributed by atoms with Crippen LogP contribution in [0, 0.1) is 11.6 Å². The summed E-state index contributed by atoms with van der Waals surface area (Å²) in [5.41, 5.74) is 0.554. The minimum atomic E-state index is -4.34. The Morgan fingerprint density at radius 3 is 2.08 bits per heavy atom. The van der Waals surface area contributed by atoms with Crippen molar-refractivity contribution < 1.29 is 35.1 Å². The van der Waals surface area contributed by atoms with Crippen molar-refractivity contribution in [3.63, 3.8) is 0 Å². The van der Waals surface area contributed by atoms with E-state index < -0.39 is 36.6 Å². The van der Waals surface area contributed by atoms with E-state index in [1.165, 1.54) is 37.4 Å². The van der Waals surface area contributed by atoms with Crippen molar-refractivity contribution in [3.05, 3.63) is 72.3 Å². The summed E-state index contributed by atoms with van der Waals surface area (Å²) in [5, 5.41) is 0. The highest BCUT2D eigenvalue weighted by atomic mass is 32.2. The van der Waals surface area contributed by atoms with Crippen LogP contribution in [0.1, 0.15) is 0 Å². The van der Waals surface area contributed by atoms with Gasteiger partial charge in [0.25, 0.3) is 20.0 Å². The van der Waals surface area contributed by atoms with E-state index in [1.807, 2.05) is 4.90 Å². The Hall–Kier alpha value is -3.42. The number of morpholine rings is 1. The average molecular weight is 540 g/mol. The van der Waals surface area contributed by atoms with Gasteiger partial charge in [-0.2, -0.15) is 0 Å². The molecule has 0 amide bonds. The smallest absolute Gasteiger partial charge is 0.264 e. The fourth-order valence-corrected chi connectivity index (χ4v) is 5.96. The third-order valence-corrected chi connectivity index (χ3v) is 8.19. The van der Waals surface area contributed by atoms with Crippen molar-refractivity contribution >= 4 is 37.1 Å². The minimum Gasteiger partial charge on any atom is -0.497 e. The molecule has 3 aromatic rings. The first-order valence-electron chi connectivity index (χ1n) is 10.7. The highest BCUT2D eigenvalue weighted by molar-refractivity contribution is 7.93. The quantitative estimate of drug-likeness (QED) is 0.451. The summed E-state index contributed by atoms with van der Waals surface area (Å²) in [6.45, 7) is 1.67. The fourth-order valence-electron chi connectivity index (χ4n) is 3.59. The summed E-state index contributed by atoms with van der Waals surface area (Å²) in [4.78, 5) is 1.13. The molecule has 0 radical (unpaired) electrons. The molecule has 0 aromatic heterocycles. The van der Waals surface area contributed by atoms with E-state index in [2.05, 4.69) is 9.44 Å². The molecule has 13 heteroatoms. The van der Waals surface area contributed by atoms with Crippen molar-refractivity contribution in [2.75, 3.05) is 47.8 Å². The lowest BCUT2D eigenvalue weighted by atomic mass is 10.2. The molecule has 0 unspecified atom stereocenters. The lowest BCUT2D eigenvalue weighted by molar-refractivity contribution is 0.122. The summed E-state index contributed by atoms with van der Waals surface area (Å²) in [6.07, 6.45) is 0. The molecule has 36 heavy (non-hydrogen) atoms. The lowest BCUT2D eigenvalue weighted by Crippen LogP contribution is -2.37. The second-order valence-corrected chi connectivity index (χ2v) is 11.1. The van der Waals surface area contributed by atoms with Crippen molar-refractivity contribution in [1.29, 1.82) is 0 Å². The van der Waals surface area contributed by atoms with Crippen LogP contribution in [0.3, 0.4) is 0 Å². The third kappa shape index (κ3) is 5.69. The molecule has 9 nitrogen and oxygen atoms in total. The molecule has 192 valence electrons. The Morgan fingerprint density at radius 1 is 0.806 bits per heavy atom. The van der Waals surface area contributed by atoms with Crippen LogP contribution in [0.4, 0.5) is 25.8 Å². The van der Waals surface area contributed by atoms with Gasteiger partial charge in [-0.1, -0.05) is 0 Å². The molecule has 1 heterocycles. The van der Waals surface area contributed by atoms with E-state index in [-0.39, 0.29) is 16.3 Å². The van der Waals surface area contributed by atoms with Crippen LogP contribution in [-0.4, -0.2) is 50.2 Å². The molecule has 4 rings (SSSR count). The molecule has 0 atom stereocenters. The molecule has 0 aliphatic carbocycles. The van der Waals surface area contributed by atoms with Crippen LogP contribution in [-0.2, 0) is 24.8 Å². The van der Waals surface area contributed by atoms with Crippen LogP contribution in [0.5, 0.6) is 5.75 Å². The predicted molar refractivity (Wildman–Crippen MR) is 130 cm³/mol. The summed E-state index contributed by atoms with van der Waals surface area (Å²) in [7, 11) is -7.04. The average Bonchev–Trinajstić information content (AvgIpc) is 2.86. The third-order valence-electron chi connectivity index (χ3n) is 5.40. The number of rotatable bonds is 8. The molecule has 2 N–H and O–H groups in total. The number of anilines is 3. The molecular weight excluding hydrogens is 516 g/mol. The van der Waals surface area contributed by atoms with Crippen LogP contribution in [0.15, 0.2) is 70.5 Å². The van der Waals surface area contributed by atoms with Gasteiger partial charge in [-0.15, -0.1) is 0 Å². The first-order valence-corrected chi connectivity index (χ1v) is 13.7. The summed E-state index contributed by atoms with van der Waals surface area (Å²) >= 11 is 0. The monoisotopic (exact) mass is 539 g/mol. The Bertz CT molecular complexity index is 1460. The van der Waals surface area contributed by atoms with E-state index >= 15 is 0 Å². The maximum atomic E-state index is 13.6. The normalized spacial score (nSPS) is 14.4. The number of hydrogen-bond donors (Lipinski definition) is 2. The number of halogens is 2. The van der Waals surface area contributed by atoms with Gasteiger partial charge in [-0.05, 0) is 60.7 Å². The van der Waals surface area contributed by atoms with E-state index in [0.29, 0.717) is 49.9 Å². The number of hydrogen-bond acceptors (Lipinski definition) is 7. The molecule has 0 bridgehead atoms. The Kier molecular flexibility index (Phi) is 7.33. The molecule has 0 spiro atoms. The van der Waals surface area contributed by atoms with Gasteiger partial charge in [0.1, 0.15) is 10.6 Å². The van der Waals surface area contributed by atoms with Crippen LogP contribution in [0.25, 0.3) is 0 Å². The van der Waals surface area contributed by atoms with E-state index in [0.717, 1.165) is 6.07 Å². The second-order valence-electron chi connectivity index (χ2n) is 7.80. The summed E-state index contributed by atoms with van der Waals surface area (Å²) in [5.74, 6) is -1.98. The number of ether oxygens (including phenoxy) is 2. The van der Waals surface area contributed by atoms with Gasteiger partial charge in [0.15, 0.2) is 11.6 Å². The Labute approximate surface area is 207 Å². The highest BCUT2D eigenvalue weighted by Gasteiger charge is 2.26. The second kappa shape index (κ2) is 10.3. The van der Waals surface area contributed by atoms with Crippen molar-refractivity contribution in [3.8, 4) is 5.75 Å². The molecule has 1 fully saturated rings. The van der Waals surface area contributed by atoms with E-state index in [9.17, 15) is 25.6 Å². The molecule has 1 aliphatic heterocycles. The maximum absolute atomic E-state index is 13.6. The molecule has 0 saturated carbocycles. The number of benzene rings is 3. The fraction of sp³-hybridized carbons (Fsp3) is 0.217. The number of methoxy groups -OCH3 is 1. The largest absolute Gasteiger partial charge is 0.497 e. The zero-order valence-electron chi connectivity index (χ0n) is 19.1. The number of sulfonamides is 2. The van der Waals surface area contributed by atoms with Crippen molar-refractivity contribution in [1.82, 2.24) is 0 Å². The Morgan fingerprint density at radius 2 is 1.44 bits per heavy atom. The Balaban J connectivity index is 1.71. The molecule has 3 aromatic carbocycles. The van der Waals surface area contributed by atoms with E-state index in [4.69, 9.17) is 9.47 Å². The maximum Gasteiger partial charge on any atom is 0.264 e. The molecule has 1 saturated heterocycles. The standard InChI is InChI=1S/C23H23F2N3O6S2/c1-33-18-5-2-16(3-6-18)26-36(31,32)23-14-17(4-9-22(23)28-10-12-34-13-11-28)27-35(29,30)19-7-8-20(24)21(25)15-19/h2-9,14-15,26-27H,10-13H2,1H3. The minimum absolute atomic E-state index is 0.0770. The van der Waals surface area contributed by atoms with Gasteiger partial charge in [0.2, 0.25) is 0 Å². The van der Waals surface area contributed by atoms with Gasteiger partial charge in [-0.3, -0.25) is 9.44 Å². The first kappa shape index (κ1) is 25.7. The van der Waals surface area contributed by atoms with Gasteiger partial charge < -0.3 is 14.4 Å². The van der Waals surface area contributed by atoms with Gasteiger partial charge in [0.05, 0.1) is 36.6 Å². The first-order chi connectivity index (χ1) is 17.1. The van der Waals surface area contributed by atoms with Gasteiger partial charge in [-0.25, -0.2) is 25.6 Å². The van der Waals surface area contributed by atoms with Crippen LogP contribution >= 0.6 is 0 Å². The summed E-state index contributed by atoms with van der Waals surface area (Å²) in [6, 6.07) is 12.4. The summed E-state index contributed by atoms with van der Waals surface area (Å²) < 4.78 is 94.4. The molecular formula is C23H23F2N3O6S2. The predicted octanol–water partition coefficient (Wildman–Crippen LogP) is 3.41. The van der Waals surface area contributed by atoms with Crippen LogP contribution < -0.4 is 19.1 Å². The zero-order chi connectivity index (χ0) is 25.9. The SMILES string of the molecule is COc1ccc(NS(=O)(=O)c2cc(NS(=O)(=O)c3ccc(F)c(F)c3)ccc2N2CCOCC2)cc1. The molecule has 1 aliphatic rings. The number of nitrogens with zero attached hydrogens (tertiary/aromatic N) is 1. The highest BCUT2D eigenvalue weighted by Crippen LogP contribution is 2.32. The van der Waals surface area contributed by atoms with Gasteiger partial charge in [0, 0.05) is 18.8 Å². The van der Waals surface area contributed by atoms with Crippen LogP contribution in [0.2, 0.25) is 0 Å². The zero-order valence-corrected chi connectivity index (χ0v) is 20.7. The van der Waals surface area contributed by atoms with Crippen molar-refractivity contribution in [2.24, 2.45) is 0 Å². The van der Waals surface area contributed by atoms with Gasteiger partial charge >= 0.3 is 0 Å². The lowest BCUT2D eigenvalue weighted by Gasteiger charge is -2.30. The topological polar surface area (TPSA) is 114 Å². The van der Waals surface area contributed by atoms with Crippen molar-refractivity contribution in [2.45, 2.75) is 9.79 Å².